The molecule has 2 aromatic rings. The Morgan fingerprint density at radius 1 is 1.13 bits per heavy atom. The van der Waals surface area contributed by atoms with E-state index in [1.165, 1.54) is 37.4 Å². The summed E-state index contributed by atoms with van der Waals surface area (Å²) >= 11 is 11.8. The van der Waals surface area contributed by atoms with E-state index in [4.69, 9.17) is 23.2 Å². The van der Waals surface area contributed by atoms with Gasteiger partial charge in [0.25, 0.3) is 10.0 Å². The third-order valence-corrected chi connectivity index (χ3v) is 5.14. The van der Waals surface area contributed by atoms with Gasteiger partial charge in [-0.1, -0.05) is 29.3 Å². The Bertz CT molecular complexity index is 866. The number of carbonyl (C=O) groups excluding carboxylic acids is 1. The van der Waals surface area contributed by atoms with Crippen molar-refractivity contribution in [1.29, 1.82) is 0 Å². The number of anilines is 1. The van der Waals surface area contributed by atoms with Gasteiger partial charge in [0.1, 0.15) is 0 Å². The van der Waals surface area contributed by atoms with E-state index in [0.29, 0.717) is 10.6 Å². The van der Waals surface area contributed by atoms with Crippen molar-refractivity contribution >= 4 is 44.9 Å². The van der Waals surface area contributed by atoms with E-state index in [2.05, 4.69) is 9.46 Å². The fourth-order valence-corrected chi connectivity index (χ4v) is 3.65. The maximum Gasteiger partial charge on any atom is 0.337 e. The van der Waals surface area contributed by atoms with Gasteiger partial charge in [-0.15, -0.1) is 0 Å². The maximum atomic E-state index is 12.6. The first-order chi connectivity index (χ1) is 10.7. The van der Waals surface area contributed by atoms with Crippen LogP contribution in [-0.4, -0.2) is 21.5 Å². The lowest BCUT2D eigenvalue weighted by Gasteiger charge is -2.12. The summed E-state index contributed by atoms with van der Waals surface area (Å²) in [7, 11) is -2.73. The van der Waals surface area contributed by atoms with Gasteiger partial charge in [-0.25, -0.2) is 13.2 Å². The van der Waals surface area contributed by atoms with Crippen LogP contribution in [-0.2, 0) is 14.8 Å². The second kappa shape index (κ2) is 6.78. The Labute approximate surface area is 144 Å². The minimum absolute atomic E-state index is 0.0450. The summed E-state index contributed by atoms with van der Waals surface area (Å²) in [5.74, 6) is -0.623. The number of esters is 1. The van der Waals surface area contributed by atoms with Crippen molar-refractivity contribution in [2.24, 2.45) is 0 Å². The molecule has 0 radical (unpaired) electrons. The number of nitrogens with one attached hydrogen (secondary N) is 1. The summed E-state index contributed by atoms with van der Waals surface area (Å²) < 4.78 is 32.1. The van der Waals surface area contributed by atoms with Crippen LogP contribution in [0.3, 0.4) is 0 Å². The van der Waals surface area contributed by atoms with Crippen molar-refractivity contribution in [2.75, 3.05) is 11.8 Å². The molecule has 0 spiro atoms. The second-order valence-electron chi connectivity index (χ2n) is 4.70. The Kier molecular flexibility index (Phi) is 5.19. The Hall–Kier alpha value is -1.76. The second-order valence-corrected chi connectivity index (χ2v) is 7.20. The van der Waals surface area contributed by atoms with Crippen molar-refractivity contribution in [1.82, 2.24) is 0 Å². The highest BCUT2D eigenvalue weighted by atomic mass is 35.5. The predicted molar refractivity (Wildman–Crippen MR) is 89.8 cm³/mol. The van der Waals surface area contributed by atoms with Crippen molar-refractivity contribution in [3.63, 3.8) is 0 Å². The third kappa shape index (κ3) is 3.96. The van der Waals surface area contributed by atoms with Crippen LogP contribution in [0.5, 0.6) is 0 Å². The first-order valence-electron chi connectivity index (χ1n) is 6.41. The molecular weight excluding hydrogens is 361 g/mol. The molecule has 0 amide bonds. The van der Waals surface area contributed by atoms with Crippen LogP contribution in [0.25, 0.3) is 0 Å². The first kappa shape index (κ1) is 17.6. The molecule has 8 heteroatoms. The van der Waals surface area contributed by atoms with E-state index in [0.717, 1.165) is 0 Å². The lowest BCUT2D eigenvalue weighted by atomic mass is 10.1. The predicted octanol–water partition coefficient (Wildman–Crippen LogP) is 3.89. The molecule has 0 saturated heterocycles. The fraction of sp³-hybridized carbons (Fsp3) is 0.133. The van der Waals surface area contributed by atoms with Gasteiger partial charge in [0, 0.05) is 5.02 Å². The number of sulfonamides is 1. The molecule has 0 aliphatic rings. The molecule has 0 heterocycles. The molecule has 122 valence electrons. The van der Waals surface area contributed by atoms with Gasteiger partial charge in [-0.05, 0) is 42.8 Å². The van der Waals surface area contributed by atoms with E-state index in [1.54, 1.807) is 13.0 Å². The zero-order valence-corrected chi connectivity index (χ0v) is 14.6. The third-order valence-electron chi connectivity index (χ3n) is 3.07. The van der Waals surface area contributed by atoms with Gasteiger partial charge in [0.2, 0.25) is 0 Å². The largest absolute Gasteiger partial charge is 0.465 e. The number of hydrogen-bond acceptors (Lipinski definition) is 4. The average molecular weight is 374 g/mol. The molecule has 0 bridgehead atoms. The highest BCUT2D eigenvalue weighted by molar-refractivity contribution is 7.92. The monoisotopic (exact) mass is 373 g/mol. The summed E-state index contributed by atoms with van der Waals surface area (Å²) in [4.78, 5) is 11.5. The summed E-state index contributed by atoms with van der Waals surface area (Å²) in [6.45, 7) is 1.62. The van der Waals surface area contributed by atoms with E-state index in [9.17, 15) is 13.2 Å². The van der Waals surface area contributed by atoms with Crippen LogP contribution >= 0.6 is 23.2 Å². The molecule has 0 unspecified atom stereocenters. The van der Waals surface area contributed by atoms with Crippen LogP contribution in [0.15, 0.2) is 41.3 Å². The van der Waals surface area contributed by atoms with E-state index >= 15 is 0 Å². The van der Waals surface area contributed by atoms with Crippen LogP contribution in [0.4, 0.5) is 5.69 Å². The number of halogens is 2. The molecular formula is C15H13Cl2NO4S. The topological polar surface area (TPSA) is 72.5 Å². The zero-order chi connectivity index (χ0) is 17.2. The van der Waals surface area contributed by atoms with Gasteiger partial charge in [-0.3, -0.25) is 4.72 Å². The first-order valence-corrected chi connectivity index (χ1v) is 8.65. The molecule has 0 fully saturated rings. The highest BCUT2D eigenvalue weighted by Crippen LogP contribution is 2.28. The zero-order valence-electron chi connectivity index (χ0n) is 12.3. The lowest BCUT2D eigenvalue weighted by Crippen LogP contribution is -2.15. The number of hydrogen-bond donors (Lipinski definition) is 1. The summed E-state index contributed by atoms with van der Waals surface area (Å²) in [5.41, 5.74) is 0.765. The smallest absolute Gasteiger partial charge is 0.337 e. The fourth-order valence-electron chi connectivity index (χ4n) is 1.91. The summed E-state index contributed by atoms with van der Waals surface area (Å²) in [5, 5.41) is 0.548. The summed E-state index contributed by atoms with van der Waals surface area (Å²) in [6.07, 6.45) is 0. The number of rotatable bonds is 4. The van der Waals surface area contributed by atoms with E-state index < -0.39 is 16.0 Å². The Morgan fingerprint density at radius 3 is 2.48 bits per heavy atom. The quantitative estimate of drug-likeness (QED) is 0.825. The minimum atomic E-state index is -3.95. The minimum Gasteiger partial charge on any atom is -0.465 e. The lowest BCUT2D eigenvalue weighted by molar-refractivity contribution is 0.0600. The molecule has 0 saturated carbocycles. The van der Waals surface area contributed by atoms with Crippen molar-refractivity contribution in [2.45, 2.75) is 11.8 Å². The number of carbonyl (C=O) groups is 1. The van der Waals surface area contributed by atoms with Gasteiger partial charge in [0.05, 0.1) is 28.3 Å². The normalized spacial score (nSPS) is 11.1. The Morgan fingerprint density at radius 2 is 1.83 bits per heavy atom. The number of methoxy groups -OCH3 is 1. The molecule has 0 aliphatic heterocycles. The van der Waals surface area contributed by atoms with Crippen LogP contribution in [0.2, 0.25) is 10.0 Å². The number of ether oxygens (including phenoxy) is 1. The molecule has 0 aromatic heterocycles. The molecule has 2 aromatic carbocycles. The summed E-state index contributed by atoms with van der Waals surface area (Å²) in [6, 6.07) is 8.71. The average Bonchev–Trinajstić information content (AvgIpc) is 2.50. The SMILES string of the molecule is COC(=O)c1ccc(C)c(S(=O)(=O)Nc2cc(Cl)ccc2Cl)c1. The molecule has 2 rings (SSSR count). The van der Waals surface area contributed by atoms with E-state index in [1.807, 2.05) is 0 Å². The standard InChI is InChI=1S/C15H13Cl2NO4S/c1-9-3-4-10(15(19)22-2)7-14(9)23(20,21)18-13-8-11(16)5-6-12(13)17/h3-8,18H,1-2H3. The van der Waals surface area contributed by atoms with Crippen LogP contribution in [0.1, 0.15) is 15.9 Å². The Balaban J connectivity index is 2.47. The van der Waals surface area contributed by atoms with Crippen molar-refractivity contribution in [3.8, 4) is 0 Å². The van der Waals surface area contributed by atoms with Gasteiger partial charge < -0.3 is 4.74 Å². The maximum absolute atomic E-state index is 12.6. The molecule has 23 heavy (non-hydrogen) atoms. The molecule has 0 aliphatic carbocycles. The van der Waals surface area contributed by atoms with Gasteiger partial charge >= 0.3 is 5.97 Å². The number of aryl methyl sites for hydroxylation is 1. The molecule has 1 N–H and O–H groups in total. The van der Waals surface area contributed by atoms with Gasteiger partial charge in [-0.2, -0.15) is 0 Å². The van der Waals surface area contributed by atoms with Crippen LogP contribution in [0, 0.1) is 6.92 Å². The molecule has 0 atom stereocenters. The highest BCUT2D eigenvalue weighted by Gasteiger charge is 2.20. The van der Waals surface area contributed by atoms with Crippen molar-refractivity contribution in [3.05, 3.63) is 57.6 Å². The van der Waals surface area contributed by atoms with Crippen molar-refractivity contribution < 1.29 is 17.9 Å². The van der Waals surface area contributed by atoms with E-state index in [-0.39, 0.29) is 21.2 Å². The molecule has 5 nitrogen and oxygen atoms in total. The number of benzene rings is 2. The van der Waals surface area contributed by atoms with Crippen LogP contribution < -0.4 is 4.72 Å². The van der Waals surface area contributed by atoms with Gasteiger partial charge in [0.15, 0.2) is 0 Å².